The average molecular weight is 254 g/mol. The van der Waals surface area contributed by atoms with Gasteiger partial charge in [0.05, 0.1) is 12.7 Å². The number of hydrogen-bond donors (Lipinski definition) is 0. The average Bonchev–Trinajstić information content (AvgIpc) is 2.15. The molecule has 0 amide bonds. The van der Waals surface area contributed by atoms with E-state index in [4.69, 9.17) is 4.74 Å². The van der Waals surface area contributed by atoms with E-state index in [9.17, 15) is 0 Å². The summed E-state index contributed by atoms with van der Waals surface area (Å²) >= 11 is 5.36. The number of rotatable bonds is 4. The first kappa shape index (κ1) is 10.8. The Labute approximate surface area is 87.2 Å². The standard InChI is InChI=1S/C8H16BrNOS/c1-12-5-3-10-2-4-11-8(6-9)7-10/h8H,2-7H2,1H3. The lowest BCUT2D eigenvalue weighted by Crippen LogP contribution is -2.43. The number of thioether (sulfide) groups is 1. The zero-order valence-corrected chi connectivity index (χ0v) is 9.86. The molecule has 1 saturated heterocycles. The molecule has 1 unspecified atom stereocenters. The van der Waals surface area contributed by atoms with Gasteiger partial charge in [-0.1, -0.05) is 15.9 Å². The van der Waals surface area contributed by atoms with Crippen LogP contribution in [0.3, 0.4) is 0 Å². The largest absolute Gasteiger partial charge is 0.375 e. The first-order valence-electron chi connectivity index (χ1n) is 4.25. The van der Waals surface area contributed by atoms with Crippen molar-refractivity contribution in [2.75, 3.05) is 43.6 Å². The molecule has 0 spiro atoms. The van der Waals surface area contributed by atoms with Gasteiger partial charge in [-0.05, 0) is 6.26 Å². The molecule has 1 atom stereocenters. The molecule has 0 aromatic carbocycles. The first-order chi connectivity index (χ1) is 5.86. The van der Waals surface area contributed by atoms with Gasteiger partial charge in [-0.2, -0.15) is 11.8 Å². The molecule has 1 aliphatic heterocycles. The molecule has 72 valence electrons. The molecule has 0 N–H and O–H groups in total. The van der Waals surface area contributed by atoms with Crippen LogP contribution >= 0.6 is 27.7 Å². The molecule has 0 aromatic rings. The van der Waals surface area contributed by atoms with E-state index in [2.05, 4.69) is 27.1 Å². The molecule has 1 aliphatic rings. The van der Waals surface area contributed by atoms with Gasteiger partial charge in [0.2, 0.25) is 0 Å². The van der Waals surface area contributed by atoms with Crippen molar-refractivity contribution in [1.82, 2.24) is 4.90 Å². The third-order valence-electron chi connectivity index (χ3n) is 2.01. The van der Waals surface area contributed by atoms with Gasteiger partial charge in [0.15, 0.2) is 0 Å². The summed E-state index contributed by atoms with van der Waals surface area (Å²) in [6.45, 7) is 4.29. The third-order valence-corrected chi connectivity index (χ3v) is 3.32. The van der Waals surface area contributed by atoms with Gasteiger partial charge >= 0.3 is 0 Å². The monoisotopic (exact) mass is 253 g/mol. The zero-order valence-electron chi connectivity index (χ0n) is 7.46. The molecule has 0 bridgehead atoms. The van der Waals surface area contributed by atoms with Crippen LogP contribution in [0.4, 0.5) is 0 Å². The Morgan fingerprint density at radius 2 is 2.50 bits per heavy atom. The quantitative estimate of drug-likeness (QED) is 0.704. The van der Waals surface area contributed by atoms with Gasteiger partial charge in [0.25, 0.3) is 0 Å². The maximum atomic E-state index is 5.54. The SMILES string of the molecule is CSCCN1CCOC(CBr)C1. The second-order valence-electron chi connectivity index (χ2n) is 2.94. The maximum Gasteiger partial charge on any atom is 0.0799 e. The lowest BCUT2D eigenvalue weighted by Gasteiger charge is -2.31. The Balaban J connectivity index is 2.16. The van der Waals surface area contributed by atoms with Crippen molar-refractivity contribution >= 4 is 27.7 Å². The van der Waals surface area contributed by atoms with Crippen molar-refractivity contribution in [3.63, 3.8) is 0 Å². The molecule has 0 radical (unpaired) electrons. The molecular weight excluding hydrogens is 238 g/mol. The van der Waals surface area contributed by atoms with Gasteiger partial charge in [0.1, 0.15) is 0 Å². The number of halogens is 1. The van der Waals surface area contributed by atoms with Crippen LogP contribution in [-0.2, 0) is 4.74 Å². The van der Waals surface area contributed by atoms with E-state index in [0.717, 1.165) is 25.0 Å². The third kappa shape index (κ3) is 3.64. The number of ether oxygens (including phenoxy) is 1. The summed E-state index contributed by atoms with van der Waals surface area (Å²) in [6.07, 6.45) is 2.56. The van der Waals surface area contributed by atoms with Crippen LogP contribution < -0.4 is 0 Å². The second-order valence-corrected chi connectivity index (χ2v) is 4.57. The molecular formula is C8H16BrNOS. The van der Waals surface area contributed by atoms with Crippen LogP contribution in [0.15, 0.2) is 0 Å². The van der Waals surface area contributed by atoms with E-state index in [0.29, 0.717) is 6.10 Å². The highest BCUT2D eigenvalue weighted by atomic mass is 79.9. The van der Waals surface area contributed by atoms with Gasteiger partial charge in [-0.25, -0.2) is 0 Å². The van der Waals surface area contributed by atoms with Crippen molar-refractivity contribution in [1.29, 1.82) is 0 Å². The molecule has 1 fully saturated rings. The van der Waals surface area contributed by atoms with Gasteiger partial charge in [0, 0.05) is 30.7 Å². The minimum atomic E-state index is 0.403. The summed E-state index contributed by atoms with van der Waals surface area (Å²) in [4.78, 5) is 2.48. The number of hydrogen-bond acceptors (Lipinski definition) is 3. The molecule has 2 nitrogen and oxygen atoms in total. The highest BCUT2D eigenvalue weighted by Gasteiger charge is 2.18. The zero-order chi connectivity index (χ0) is 8.81. The van der Waals surface area contributed by atoms with Crippen LogP contribution in [-0.4, -0.2) is 54.6 Å². The summed E-state index contributed by atoms with van der Waals surface area (Å²) < 4.78 is 5.54. The first-order valence-corrected chi connectivity index (χ1v) is 6.77. The fourth-order valence-electron chi connectivity index (χ4n) is 1.30. The Bertz CT molecular complexity index is 126. The summed E-state index contributed by atoms with van der Waals surface area (Å²) in [5.74, 6) is 1.23. The lowest BCUT2D eigenvalue weighted by molar-refractivity contribution is -0.0127. The van der Waals surface area contributed by atoms with Gasteiger partial charge < -0.3 is 4.74 Å². The Morgan fingerprint density at radius 1 is 1.67 bits per heavy atom. The van der Waals surface area contributed by atoms with Crippen molar-refractivity contribution < 1.29 is 4.74 Å². The van der Waals surface area contributed by atoms with E-state index in [1.807, 2.05) is 11.8 Å². The van der Waals surface area contributed by atoms with Crippen LogP contribution in [0.2, 0.25) is 0 Å². The topological polar surface area (TPSA) is 12.5 Å². The Hall–Kier alpha value is 0.750. The van der Waals surface area contributed by atoms with Crippen molar-refractivity contribution in [2.45, 2.75) is 6.10 Å². The number of morpholine rings is 1. The summed E-state index contributed by atoms with van der Waals surface area (Å²) in [5.41, 5.74) is 0. The summed E-state index contributed by atoms with van der Waals surface area (Å²) in [6, 6.07) is 0. The fraction of sp³-hybridized carbons (Fsp3) is 1.00. The predicted octanol–water partition coefficient (Wildman–Crippen LogP) is 1.45. The van der Waals surface area contributed by atoms with E-state index in [1.165, 1.54) is 12.3 Å². The minimum absolute atomic E-state index is 0.403. The number of alkyl halides is 1. The normalized spacial score (nSPS) is 26.0. The van der Waals surface area contributed by atoms with E-state index < -0.39 is 0 Å². The molecule has 12 heavy (non-hydrogen) atoms. The van der Waals surface area contributed by atoms with Gasteiger partial charge in [-0.3, -0.25) is 4.90 Å². The van der Waals surface area contributed by atoms with E-state index >= 15 is 0 Å². The molecule has 4 heteroatoms. The van der Waals surface area contributed by atoms with Gasteiger partial charge in [-0.15, -0.1) is 0 Å². The molecule has 1 heterocycles. The highest BCUT2D eigenvalue weighted by Crippen LogP contribution is 2.07. The van der Waals surface area contributed by atoms with E-state index in [1.54, 1.807) is 0 Å². The van der Waals surface area contributed by atoms with Crippen LogP contribution in [0.25, 0.3) is 0 Å². The smallest absolute Gasteiger partial charge is 0.0799 e. The molecule has 0 saturated carbocycles. The molecule has 0 aliphatic carbocycles. The number of nitrogens with zero attached hydrogens (tertiary/aromatic N) is 1. The molecule has 1 rings (SSSR count). The van der Waals surface area contributed by atoms with E-state index in [-0.39, 0.29) is 0 Å². The van der Waals surface area contributed by atoms with Crippen LogP contribution in [0.1, 0.15) is 0 Å². The highest BCUT2D eigenvalue weighted by molar-refractivity contribution is 9.09. The summed E-state index contributed by atoms with van der Waals surface area (Å²) in [5, 5.41) is 0.961. The lowest BCUT2D eigenvalue weighted by atomic mass is 10.3. The maximum absolute atomic E-state index is 5.54. The van der Waals surface area contributed by atoms with Crippen molar-refractivity contribution in [3.8, 4) is 0 Å². The van der Waals surface area contributed by atoms with Crippen molar-refractivity contribution in [3.05, 3.63) is 0 Å². The Morgan fingerprint density at radius 3 is 3.17 bits per heavy atom. The predicted molar refractivity (Wildman–Crippen MR) is 58.4 cm³/mol. The second kappa shape index (κ2) is 6.24. The minimum Gasteiger partial charge on any atom is -0.375 e. The van der Waals surface area contributed by atoms with Crippen LogP contribution in [0.5, 0.6) is 0 Å². The van der Waals surface area contributed by atoms with Crippen LogP contribution in [0, 0.1) is 0 Å². The summed E-state index contributed by atoms with van der Waals surface area (Å²) in [7, 11) is 0. The fourth-order valence-corrected chi connectivity index (χ4v) is 2.13. The Kier molecular flexibility index (Phi) is 5.63. The van der Waals surface area contributed by atoms with Crippen molar-refractivity contribution in [2.24, 2.45) is 0 Å². The molecule has 0 aromatic heterocycles.